The summed E-state index contributed by atoms with van der Waals surface area (Å²) >= 11 is 0. The van der Waals surface area contributed by atoms with Crippen LogP contribution in [0.15, 0.2) is 4.99 Å². The molecule has 0 radical (unpaired) electrons. The molecule has 2 N–H and O–H groups in total. The van der Waals surface area contributed by atoms with E-state index in [1.54, 1.807) is 0 Å². The summed E-state index contributed by atoms with van der Waals surface area (Å²) in [5.41, 5.74) is -0.471. The third kappa shape index (κ3) is 7.93. The molecule has 3 atom stereocenters. The Labute approximate surface area is 188 Å². The highest BCUT2D eigenvalue weighted by molar-refractivity contribution is 14.0. The van der Waals surface area contributed by atoms with Crippen molar-refractivity contribution in [2.24, 2.45) is 4.99 Å². The lowest BCUT2D eigenvalue weighted by atomic mass is 10.0. The van der Waals surface area contributed by atoms with Crippen molar-refractivity contribution in [2.45, 2.75) is 84.0 Å². The predicted molar refractivity (Wildman–Crippen MR) is 126 cm³/mol. The van der Waals surface area contributed by atoms with Gasteiger partial charge in [-0.05, 0) is 60.4 Å². The number of amides is 1. The summed E-state index contributed by atoms with van der Waals surface area (Å²) in [6.45, 7) is 14.0. The summed E-state index contributed by atoms with van der Waals surface area (Å²) in [7, 11) is 1.82. The molecule has 2 aliphatic rings. The van der Waals surface area contributed by atoms with Gasteiger partial charge in [0.1, 0.15) is 5.60 Å². The van der Waals surface area contributed by atoms with Crippen LogP contribution in [0.4, 0.5) is 4.79 Å². The van der Waals surface area contributed by atoms with Gasteiger partial charge in [0.25, 0.3) is 0 Å². The smallest absolute Gasteiger partial charge is 0.407 e. The molecule has 28 heavy (non-hydrogen) atoms. The fraction of sp³-hybridized carbons (Fsp3) is 0.900. The van der Waals surface area contributed by atoms with Gasteiger partial charge in [0.05, 0.1) is 6.04 Å². The molecule has 2 rings (SSSR count). The van der Waals surface area contributed by atoms with Gasteiger partial charge in [-0.15, -0.1) is 24.0 Å². The number of carbonyl (C=O) groups excluding carboxylic acids is 1. The minimum absolute atomic E-state index is 0. The Morgan fingerprint density at radius 2 is 1.96 bits per heavy atom. The van der Waals surface area contributed by atoms with Gasteiger partial charge in [-0.2, -0.15) is 0 Å². The number of nitrogens with zero attached hydrogens (tertiary/aromatic N) is 3. The number of rotatable bonds is 4. The summed E-state index contributed by atoms with van der Waals surface area (Å²) in [4.78, 5) is 21.2. The van der Waals surface area contributed by atoms with E-state index in [4.69, 9.17) is 4.74 Å². The molecule has 0 aromatic carbocycles. The molecular weight excluding hydrogens is 469 g/mol. The lowest BCUT2D eigenvalue weighted by Gasteiger charge is -2.38. The van der Waals surface area contributed by atoms with Crippen molar-refractivity contribution in [2.75, 3.05) is 33.2 Å². The molecule has 2 saturated heterocycles. The summed E-state index contributed by atoms with van der Waals surface area (Å²) in [5.74, 6) is 0.917. The highest BCUT2D eigenvalue weighted by Crippen LogP contribution is 2.19. The fourth-order valence-electron chi connectivity index (χ4n) is 4.01. The number of halogens is 1. The topological polar surface area (TPSA) is 69.2 Å². The number of alkyl carbamates (subject to hydrolysis) is 1. The molecule has 0 aromatic rings. The maximum atomic E-state index is 12.0. The van der Waals surface area contributed by atoms with Crippen LogP contribution in [0.3, 0.4) is 0 Å². The number of aliphatic imine (C=N–C) groups is 1. The van der Waals surface area contributed by atoms with Gasteiger partial charge in [-0.1, -0.05) is 6.42 Å². The van der Waals surface area contributed by atoms with E-state index in [1.165, 1.54) is 25.8 Å². The van der Waals surface area contributed by atoms with Crippen molar-refractivity contribution >= 4 is 36.0 Å². The Bertz CT molecular complexity index is 523. The first-order valence-corrected chi connectivity index (χ1v) is 10.4. The molecule has 7 nitrogen and oxygen atoms in total. The SMILES string of the molecule is CN=C(NCC(C)N1CCCCC1C)N1CCC(NC(=O)OC(C)(C)C)C1.I. The quantitative estimate of drug-likeness (QED) is 0.347. The van der Waals surface area contributed by atoms with E-state index in [9.17, 15) is 4.79 Å². The van der Waals surface area contributed by atoms with Gasteiger partial charge in [-0.3, -0.25) is 9.89 Å². The van der Waals surface area contributed by atoms with Crippen LogP contribution in [0.25, 0.3) is 0 Å². The van der Waals surface area contributed by atoms with Crippen molar-refractivity contribution in [1.82, 2.24) is 20.4 Å². The largest absolute Gasteiger partial charge is 0.444 e. The van der Waals surface area contributed by atoms with Crippen molar-refractivity contribution in [1.29, 1.82) is 0 Å². The van der Waals surface area contributed by atoms with E-state index in [-0.39, 0.29) is 36.1 Å². The van der Waals surface area contributed by atoms with Gasteiger partial charge in [0.2, 0.25) is 0 Å². The number of nitrogens with one attached hydrogen (secondary N) is 2. The summed E-state index contributed by atoms with van der Waals surface area (Å²) in [5, 5.41) is 6.50. The highest BCUT2D eigenvalue weighted by Gasteiger charge is 2.29. The number of carbonyl (C=O) groups is 1. The van der Waals surface area contributed by atoms with E-state index in [2.05, 4.69) is 39.3 Å². The lowest BCUT2D eigenvalue weighted by molar-refractivity contribution is 0.0507. The summed E-state index contributed by atoms with van der Waals surface area (Å²) in [6, 6.07) is 1.24. The van der Waals surface area contributed by atoms with E-state index in [0.717, 1.165) is 32.0 Å². The third-order valence-electron chi connectivity index (χ3n) is 5.40. The molecule has 0 saturated carbocycles. The second-order valence-corrected chi connectivity index (χ2v) is 8.94. The van der Waals surface area contributed by atoms with Crippen LogP contribution < -0.4 is 10.6 Å². The number of ether oxygens (including phenoxy) is 1. The van der Waals surface area contributed by atoms with Crippen LogP contribution in [-0.2, 0) is 4.74 Å². The summed E-state index contributed by atoms with van der Waals surface area (Å²) in [6.07, 6.45) is 4.50. The van der Waals surface area contributed by atoms with Crippen LogP contribution in [-0.4, -0.2) is 78.8 Å². The van der Waals surface area contributed by atoms with Crippen molar-refractivity contribution in [3.05, 3.63) is 0 Å². The van der Waals surface area contributed by atoms with Crippen molar-refractivity contribution < 1.29 is 9.53 Å². The molecule has 2 aliphatic heterocycles. The first kappa shape index (κ1) is 25.3. The van der Waals surface area contributed by atoms with Gasteiger partial charge < -0.3 is 20.3 Å². The lowest BCUT2D eigenvalue weighted by Crippen LogP contribution is -2.51. The van der Waals surface area contributed by atoms with E-state index >= 15 is 0 Å². The number of likely N-dealkylation sites (tertiary alicyclic amines) is 2. The average molecular weight is 509 g/mol. The molecule has 2 heterocycles. The normalized spacial score (nSPS) is 25.1. The molecule has 3 unspecified atom stereocenters. The zero-order valence-electron chi connectivity index (χ0n) is 18.5. The zero-order valence-corrected chi connectivity index (χ0v) is 20.8. The zero-order chi connectivity index (χ0) is 20.0. The fourth-order valence-corrected chi connectivity index (χ4v) is 4.01. The molecule has 2 fully saturated rings. The van der Waals surface area contributed by atoms with Crippen molar-refractivity contribution in [3.8, 4) is 0 Å². The molecule has 164 valence electrons. The Morgan fingerprint density at radius 3 is 2.57 bits per heavy atom. The van der Waals surface area contributed by atoms with Crippen LogP contribution in [0, 0.1) is 0 Å². The Balaban J connectivity index is 0.00000392. The third-order valence-corrected chi connectivity index (χ3v) is 5.40. The van der Waals surface area contributed by atoms with Crippen molar-refractivity contribution in [3.63, 3.8) is 0 Å². The monoisotopic (exact) mass is 509 g/mol. The average Bonchev–Trinajstić information content (AvgIpc) is 3.02. The Morgan fingerprint density at radius 1 is 1.25 bits per heavy atom. The first-order chi connectivity index (χ1) is 12.7. The molecule has 8 heteroatoms. The van der Waals surface area contributed by atoms with Crippen LogP contribution in [0.5, 0.6) is 0 Å². The molecule has 0 spiro atoms. The van der Waals surface area contributed by atoms with Gasteiger partial charge >= 0.3 is 6.09 Å². The molecule has 0 bridgehead atoms. The number of guanidine groups is 1. The first-order valence-electron chi connectivity index (χ1n) is 10.4. The number of piperidine rings is 1. The standard InChI is InChI=1S/C20H39N5O2.HI/c1-15-9-7-8-11-25(15)16(2)13-22-18(21-6)24-12-10-17(14-24)23-19(26)27-20(3,4)5;/h15-17H,7-14H2,1-6H3,(H,21,22)(H,23,26);1H. The summed E-state index contributed by atoms with van der Waals surface area (Å²) < 4.78 is 5.36. The van der Waals surface area contributed by atoms with Gasteiger partial charge in [0.15, 0.2) is 5.96 Å². The Kier molecular flexibility index (Phi) is 10.3. The van der Waals surface area contributed by atoms with E-state index in [0.29, 0.717) is 12.1 Å². The van der Waals surface area contributed by atoms with Gasteiger partial charge in [0, 0.05) is 38.8 Å². The van der Waals surface area contributed by atoms with Crippen LogP contribution >= 0.6 is 24.0 Å². The van der Waals surface area contributed by atoms with E-state index in [1.807, 2.05) is 27.8 Å². The molecular formula is C20H40IN5O2. The second-order valence-electron chi connectivity index (χ2n) is 8.94. The van der Waals surface area contributed by atoms with E-state index < -0.39 is 5.60 Å². The number of hydrogen-bond donors (Lipinski definition) is 2. The second kappa shape index (κ2) is 11.4. The minimum Gasteiger partial charge on any atom is -0.444 e. The maximum Gasteiger partial charge on any atom is 0.407 e. The number of hydrogen-bond acceptors (Lipinski definition) is 4. The molecule has 1 amide bonds. The molecule has 0 aliphatic carbocycles. The van der Waals surface area contributed by atoms with Gasteiger partial charge in [-0.25, -0.2) is 4.79 Å². The van der Waals surface area contributed by atoms with Crippen LogP contribution in [0.1, 0.15) is 60.3 Å². The molecule has 0 aromatic heterocycles. The van der Waals surface area contributed by atoms with Crippen LogP contribution in [0.2, 0.25) is 0 Å². The minimum atomic E-state index is -0.471. The Hall–Kier alpha value is -0.770. The maximum absolute atomic E-state index is 12.0. The highest BCUT2D eigenvalue weighted by atomic mass is 127. The predicted octanol–water partition coefficient (Wildman–Crippen LogP) is 3.04.